The van der Waals surface area contributed by atoms with Crippen LogP contribution in [0.4, 0.5) is 0 Å². The Balaban J connectivity index is 0.00000312. The van der Waals surface area contributed by atoms with E-state index in [1.165, 1.54) is 0 Å². The third-order valence-electron chi connectivity index (χ3n) is 4.06. The topological polar surface area (TPSA) is 85.5 Å². The molecule has 0 saturated carbocycles. The summed E-state index contributed by atoms with van der Waals surface area (Å²) in [5.41, 5.74) is 0.0307. The molecule has 8 nitrogen and oxygen atoms in total. The van der Waals surface area contributed by atoms with E-state index in [0.29, 0.717) is 6.54 Å². The van der Waals surface area contributed by atoms with Crippen LogP contribution in [0.2, 0.25) is 0 Å². The van der Waals surface area contributed by atoms with E-state index in [4.69, 9.17) is 4.74 Å². The Labute approximate surface area is 166 Å². The molecule has 0 saturated heterocycles. The van der Waals surface area contributed by atoms with Gasteiger partial charge in [0.25, 0.3) is 0 Å². The Hall–Kier alpha value is -1.10. The van der Waals surface area contributed by atoms with Crippen LogP contribution < -0.4 is 16.3 Å². The fourth-order valence-electron chi connectivity index (χ4n) is 2.78. The second-order valence-corrected chi connectivity index (χ2v) is 5.86. The molecule has 0 radical (unpaired) electrons. The number of rotatable bonds is 9. The first-order valence-electron chi connectivity index (χ1n) is 8.95. The summed E-state index contributed by atoms with van der Waals surface area (Å²) in [5.74, 6) is 1.72. The maximum absolute atomic E-state index is 12.2. The molecule has 1 aliphatic rings. The molecule has 0 atom stereocenters. The molecule has 144 valence electrons. The van der Waals surface area contributed by atoms with Crippen molar-refractivity contribution >= 4 is 29.9 Å². The molecule has 9 heteroatoms. The van der Waals surface area contributed by atoms with Crippen LogP contribution in [0, 0.1) is 0 Å². The number of nitrogens with zero attached hydrogens (tertiary/aromatic N) is 4. The van der Waals surface area contributed by atoms with Crippen LogP contribution in [-0.4, -0.2) is 53.7 Å². The van der Waals surface area contributed by atoms with Crippen LogP contribution in [-0.2, 0) is 24.2 Å². The number of hydrogen-bond donors (Lipinski definition) is 2. The third-order valence-corrected chi connectivity index (χ3v) is 4.06. The maximum Gasteiger partial charge on any atom is 0.345 e. The lowest BCUT2D eigenvalue weighted by Gasteiger charge is -2.11. The fraction of sp³-hybridized carbons (Fsp3) is 0.812. The molecule has 1 aliphatic heterocycles. The lowest BCUT2D eigenvalue weighted by atomic mass is 10.2. The number of aryl methyl sites for hydroxylation is 2. The van der Waals surface area contributed by atoms with Gasteiger partial charge in [0.05, 0.1) is 0 Å². The zero-order valence-electron chi connectivity index (χ0n) is 15.3. The SMILES string of the molecule is CCOCCCNC(=NC)NCCCn1nc2n(c1=O)CCCC2.I. The molecule has 2 heterocycles. The van der Waals surface area contributed by atoms with E-state index in [2.05, 4.69) is 20.7 Å². The summed E-state index contributed by atoms with van der Waals surface area (Å²) in [5, 5.41) is 11.0. The van der Waals surface area contributed by atoms with Crippen LogP contribution in [0.3, 0.4) is 0 Å². The Bertz CT molecular complexity index is 584. The molecule has 0 fully saturated rings. The van der Waals surface area contributed by atoms with Crippen LogP contribution in [0.15, 0.2) is 9.79 Å². The van der Waals surface area contributed by atoms with Crippen molar-refractivity contribution in [2.24, 2.45) is 4.99 Å². The van der Waals surface area contributed by atoms with E-state index < -0.39 is 0 Å². The normalized spacial score (nSPS) is 13.9. The number of halogens is 1. The predicted octanol–water partition coefficient (Wildman–Crippen LogP) is 0.981. The highest BCUT2D eigenvalue weighted by Crippen LogP contribution is 2.09. The first-order valence-corrected chi connectivity index (χ1v) is 8.95. The Morgan fingerprint density at radius 2 is 2.04 bits per heavy atom. The molecular formula is C16H31IN6O2. The zero-order valence-corrected chi connectivity index (χ0v) is 17.6. The van der Waals surface area contributed by atoms with Gasteiger partial charge in [0.2, 0.25) is 0 Å². The van der Waals surface area contributed by atoms with Crippen LogP contribution in [0.5, 0.6) is 0 Å². The first-order chi connectivity index (χ1) is 11.8. The summed E-state index contributed by atoms with van der Waals surface area (Å²) >= 11 is 0. The molecular weight excluding hydrogens is 435 g/mol. The number of ether oxygens (including phenoxy) is 1. The van der Waals surface area contributed by atoms with Gasteiger partial charge in [-0.15, -0.1) is 24.0 Å². The minimum atomic E-state index is 0. The van der Waals surface area contributed by atoms with E-state index in [1.807, 2.05) is 11.5 Å². The van der Waals surface area contributed by atoms with Gasteiger partial charge in [-0.3, -0.25) is 9.56 Å². The first kappa shape index (κ1) is 21.9. The summed E-state index contributed by atoms with van der Waals surface area (Å²) < 4.78 is 8.71. The molecule has 2 N–H and O–H groups in total. The van der Waals surface area contributed by atoms with E-state index in [0.717, 1.165) is 76.7 Å². The molecule has 1 aromatic heterocycles. The predicted molar refractivity (Wildman–Crippen MR) is 110 cm³/mol. The van der Waals surface area contributed by atoms with Crippen molar-refractivity contribution in [2.75, 3.05) is 33.4 Å². The number of fused-ring (bicyclic) bond motifs is 1. The van der Waals surface area contributed by atoms with Gasteiger partial charge in [-0.05, 0) is 32.6 Å². The minimum absolute atomic E-state index is 0. The molecule has 0 aromatic carbocycles. The van der Waals surface area contributed by atoms with Crippen molar-refractivity contribution in [2.45, 2.75) is 52.1 Å². The Morgan fingerprint density at radius 1 is 1.28 bits per heavy atom. The third kappa shape index (κ3) is 6.96. The Morgan fingerprint density at radius 3 is 2.72 bits per heavy atom. The molecule has 0 unspecified atom stereocenters. The van der Waals surface area contributed by atoms with Gasteiger partial charge >= 0.3 is 5.69 Å². The highest BCUT2D eigenvalue weighted by molar-refractivity contribution is 14.0. The van der Waals surface area contributed by atoms with Gasteiger partial charge in [-0.1, -0.05) is 0 Å². The number of hydrogen-bond acceptors (Lipinski definition) is 4. The van der Waals surface area contributed by atoms with Crippen molar-refractivity contribution < 1.29 is 4.74 Å². The second kappa shape index (κ2) is 12.3. The number of aromatic nitrogens is 3. The van der Waals surface area contributed by atoms with Crippen molar-refractivity contribution in [3.05, 3.63) is 16.3 Å². The van der Waals surface area contributed by atoms with Crippen molar-refractivity contribution in [3.8, 4) is 0 Å². The summed E-state index contributed by atoms with van der Waals surface area (Å²) in [7, 11) is 1.76. The van der Waals surface area contributed by atoms with E-state index >= 15 is 0 Å². The average molecular weight is 466 g/mol. The highest BCUT2D eigenvalue weighted by Gasteiger charge is 2.16. The summed E-state index contributed by atoms with van der Waals surface area (Å²) in [6, 6.07) is 0. The summed E-state index contributed by atoms with van der Waals surface area (Å²) in [6.07, 6.45) is 4.90. The van der Waals surface area contributed by atoms with Gasteiger partial charge in [-0.25, -0.2) is 9.48 Å². The van der Waals surface area contributed by atoms with E-state index in [-0.39, 0.29) is 29.7 Å². The van der Waals surface area contributed by atoms with Crippen LogP contribution in [0.25, 0.3) is 0 Å². The molecule has 1 aromatic rings. The largest absolute Gasteiger partial charge is 0.382 e. The standard InChI is InChI=1S/C16H30N6O2.HI/c1-3-24-13-7-10-19-15(17-2)18-9-6-12-22-16(23)21-11-5-4-8-14(21)20-22;/h3-13H2,1-2H3,(H2,17,18,19);1H. The number of nitrogens with one attached hydrogen (secondary N) is 2. The fourth-order valence-corrected chi connectivity index (χ4v) is 2.78. The van der Waals surface area contributed by atoms with Gasteiger partial charge < -0.3 is 15.4 Å². The molecule has 2 rings (SSSR count). The van der Waals surface area contributed by atoms with Crippen LogP contribution in [0.1, 0.15) is 38.4 Å². The van der Waals surface area contributed by atoms with Gasteiger partial charge in [-0.2, -0.15) is 5.10 Å². The van der Waals surface area contributed by atoms with E-state index in [9.17, 15) is 4.79 Å². The number of aliphatic imine (C=N–C) groups is 1. The minimum Gasteiger partial charge on any atom is -0.382 e. The summed E-state index contributed by atoms with van der Waals surface area (Å²) in [6.45, 7) is 6.53. The van der Waals surface area contributed by atoms with Gasteiger partial charge in [0.1, 0.15) is 5.82 Å². The van der Waals surface area contributed by atoms with Crippen molar-refractivity contribution in [1.29, 1.82) is 0 Å². The molecule has 0 spiro atoms. The average Bonchev–Trinajstić information content (AvgIpc) is 2.93. The number of guanidine groups is 1. The maximum atomic E-state index is 12.2. The van der Waals surface area contributed by atoms with Crippen LogP contribution >= 0.6 is 24.0 Å². The lowest BCUT2D eigenvalue weighted by Crippen LogP contribution is -2.39. The molecule has 0 bridgehead atoms. The second-order valence-electron chi connectivity index (χ2n) is 5.86. The van der Waals surface area contributed by atoms with Crippen molar-refractivity contribution in [3.63, 3.8) is 0 Å². The Kier molecular flexibility index (Phi) is 10.8. The lowest BCUT2D eigenvalue weighted by molar-refractivity contribution is 0.145. The molecule has 25 heavy (non-hydrogen) atoms. The highest BCUT2D eigenvalue weighted by atomic mass is 127. The monoisotopic (exact) mass is 466 g/mol. The molecule has 0 aliphatic carbocycles. The van der Waals surface area contributed by atoms with Gasteiger partial charge in [0.15, 0.2) is 5.96 Å². The smallest absolute Gasteiger partial charge is 0.345 e. The zero-order chi connectivity index (χ0) is 17.2. The van der Waals surface area contributed by atoms with E-state index in [1.54, 1.807) is 11.7 Å². The van der Waals surface area contributed by atoms with Crippen molar-refractivity contribution in [1.82, 2.24) is 25.0 Å². The quantitative estimate of drug-likeness (QED) is 0.245. The summed E-state index contributed by atoms with van der Waals surface area (Å²) in [4.78, 5) is 16.4. The van der Waals surface area contributed by atoms with Gasteiger partial charge in [0, 0.05) is 52.9 Å². The molecule has 0 amide bonds.